The number of aryl methyl sites for hydroxylation is 1. The van der Waals surface area contributed by atoms with Crippen molar-refractivity contribution in [3.63, 3.8) is 0 Å². The number of ether oxygens (including phenoxy) is 2. The lowest BCUT2D eigenvalue weighted by atomic mass is 10.1. The van der Waals surface area contributed by atoms with E-state index in [2.05, 4.69) is 20.5 Å². The number of aromatic nitrogens is 2. The van der Waals surface area contributed by atoms with Crippen LogP contribution in [-0.2, 0) is 16.1 Å². The van der Waals surface area contributed by atoms with E-state index >= 15 is 0 Å². The molecule has 2 aliphatic rings. The molecular formula is C22H20N6O5. The van der Waals surface area contributed by atoms with Crippen LogP contribution in [0.15, 0.2) is 57.3 Å². The third kappa shape index (κ3) is 3.37. The first-order valence-electron chi connectivity index (χ1n) is 10.2. The van der Waals surface area contributed by atoms with E-state index in [0.29, 0.717) is 23.0 Å². The molecule has 0 saturated carbocycles. The molecule has 3 aromatic rings. The summed E-state index contributed by atoms with van der Waals surface area (Å²) in [7, 11) is 2.99. The van der Waals surface area contributed by atoms with Gasteiger partial charge in [0.05, 0.1) is 19.9 Å². The van der Waals surface area contributed by atoms with Crippen LogP contribution in [0.2, 0.25) is 0 Å². The van der Waals surface area contributed by atoms with Crippen molar-refractivity contribution in [1.29, 1.82) is 0 Å². The minimum absolute atomic E-state index is 0.0440. The van der Waals surface area contributed by atoms with Gasteiger partial charge in [0.1, 0.15) is 6.54 Å². The normalized spacial score (nSPS) is 19.4. The van der Waals surface area contributed by atoms with Crippen LogP contribution in [0.3, 0.4) is 0 Å². The molecule has 0 aliphatic carbocycles. The maximum absolute atomic E-state index is 13.2. The maximum Gasteiger partial charge on any atom is 0.263 e. The highest BCUT2D eigenvalue weighted by Gasteiger charge is 2.55. The zero-order chi connectivity index (χ0) is 23.1. The van der Waals surface area contributed by atoms with Gasteiger partial charge in [0, 0.05) is 11.6 Å². The zero-order valence-electron chi connectivity index (χ0n) is 18.1. The Balaban J connectivity index is 1.38. The first-order chi connectivity index (χ1) is 16.0. The number of anilines is 1. The Morgan fingerprint density at radius 2 is 1.82 bits per heavy atom. The molecule has 3 heterocycles. The van der Waals surface area contributed by atoms with Crippen LogP contribution in [0.25, 0.3) is 11.4 Å². The fourth-order valence-corrected chi connectivity index (χ4v) is 3.96. The first kappa shape index (κ1) is 20.6. The summed E-state index contributed by atoms with van der Waals surface area (Å²) in [6.07, 6.45) is 0. The van der Waals surface area contributed by atoms with E-state index in [0.717, 1.165) is 16.0 Å². The summed E-state index contributed by atoms with van der Waals surface area (Å²) in [5, 5.41) is 13.5. The predicted octanol–water partition coefficient (Wildman–Crippen LogP) is 2.56. The van der Waals surface area contributed by atoms with Gasteiger partial charge in [-0.05, 0) is 24.6 Å². The van der Waals surface area contributed by atoms with Gasteiger partial charge in [-0.25, -0.2) is 4.90 Å². The molecule has 11 nitrogen and oxygen atoms in total. The largest absolute Gasteiger partial charge is 0.493 e. The fraction of sp³-hybridized carbons (Fsp3) is 0.273. The maximum atomic E-state index is 13.2. The molecule has 2 aliphatic heterocycles. The third-order valence-electron chi connectivity index (χ3n) is 5.63. The highest BCUT2D eigenvalue weighted by molar-refractivity contribution is 6.25. The smallest absolute Gasteiger partial charge is 0.263 e. The molecule has 0 bridgehead atoms. The lowest BCUT2D eigenvalue weighted by Gasteiger charge is -2.20. The van der Waals surface area contributed by atoms with E-state index in [9.17, 15) is 9.59 Å². The molecule has 33 heavy (non-hydrogen) atoms. The number of rotatable bonds is 6. The molecule has 5 rings (SSSR count). The minimum atomic E-state index is -0.940. The van der Waals surface area contributed by atoms with Gasteiger partial charge >= 0.3 is 0 Å². The second-order valence-electron chi connectivity index (χ2n) is 7.57. The Kier molecular flexibility index (Phi) is 5.00. The average molecular weight is 448 g/mol. The van der Waals surface area contributed by atoms with Gasteiger partial charge in [-0.1, -0.05) is 34.6 Å². The lowest BCUT2D eigenvalue weighted by Crippen LogP contribution is -2.39. The molecular weight excluding hydrogens is 428 g/mol. The molecule has 1 aromatic heterocycles. The van der Waals surface area contributed by atoms with Gasteiger partial charge in [0.2, 0.25) is 11.7 Å². The number of benzene rings is 2. The number of amides is 2. The number of hydrogen-bond acceptors (Lipinski definition) is 10. The van der Waals surface area contributed by atoms with E-state index in [1.807, 2.05) is 31.2 Å². The Bertz CT molecular complexity index is 1270. The molecule has 0 unspecified atom stereocenters. The number of methoxy groups -OCH3 is 2. The Morgan fingerprint density at radius 1 is 1.03 bits per heavy atom. The van der Waals surface area contributed by atoms with Gasteiger partial charge in [-0.3, -0.25) is 14.6 Å². The van der Waals surface area contributed by atoms with E-state index in [-0.39, 0.29) is 12.4 Å². The monoisotopic (exact) mass is 448 g/mol. The van der Waals surface area contributed by atoms with Crippen molar-refractivity contribution in [3.8, 4) is 22.9 Å². The van der Waals surface area contributed by atoms with Crippen molar-refractivity contribution >= 4 is 17.5 Å². The fourth-order valence-electron chi connectivity index (χ4n) is 3.96. The Hall–Kier alpha value is -4.28. The summed E-state index contributed by atoms with van der Waals surface area (Å²) < 4.78 is 15.9. The summed E-state index contributed by atoms with van der Waals surface area (Å²) in [6.45, 7) is 2.00. The molecule has 0 radical (unpaired) electrons. The lowest BCUT2D eigenvalue weighted by molar-refractivity contribution is -0.123. The van der Waals surface area contributed by atoms with Crippen LogP contribution in [-0.4, -0.2) is 53.3 Å². The molecule has 1 saturated heterocycles. The SMILES string of the molecule is COc1ccc(N2C(=O)[C@@H]3N=NN(Cc4nc(-c5ccccc5C)no4)[C@H]3C2=O)cc1OC. The summed E-state index contributed by atoms with van der Waals surface area (Å²) >= 11 is 0. The number of carbonyl (C=O) groups is 2. The molecule has 0 spiro atoms. The molecule has 2 aromatic carbocycles. The summed E-state index contributed by atoms with van der Waals surface area (Å²) in [5.74, 6) is 0.688. The van der Waals surface area contributed by atoms with Crippen molar-refractivity contribution in [1.82, 2.24) is 15.1 Å². The van der Waals surface area contributed by atoms with Crippen LogP contribution in [0, 0.1) is 6.92 Å². The van der Waals surface area contributed by atoms with Gasteiger partial charge in [0.15, 0.2) is 23.6 Å². The van der Waals surface area contributed by atoms with Crippen molar-refractivity contribution in [2.24, 2.45) is 10.3 Å². The van der Waals surface area contributed by atoms with Crippen molar-refractivity contribution < 1.29 is 23.6 Å². The van der Waals surface area contributed by atoms with Crippen LogP contribution in [0.1, 0.15) is 11.5 Å². The molecule has 168 valence electrons. The van der Waals surface area contributed by atoms with Crippen LogP contribution >= 0.6 is 0 Å². The Morgan fingerprint density at radius 3 is 2.58 bits per heavy atom. The topological polar surface area (TPSA) is 123 Å². The van der Waals surface area contributed by atoms with E-state index in [1.165, 1.54) is 19.2 Å². The van der Waals surface area contributed by atoms with Crippen LogP contribution < -0.4 is 14.4 Å². The van der Waals surface area contributed by atoms with Crippen LogP contribution in [0.4, 0.5) is 5.69 Å². The molecule has 0 N–H and O–H groups in total. The number of fused-ring (bicyclic) bond motifs is 1. The predicted molar refractivity (Wildman–Crippen MR) is 114 cm³/mol. The van der Waals surface area contributed by atoms with Crippen molar-refractivity contribution in [2.45, 2.75) is 25.6 Å². The molecule has 1 fully saturated rings. The standard InChI is InChI=1S/C22H20N6O5/c1-12-6-4-5-7-14(12)20-23-17(33-25-20)11-27-19-18(24-26-27)21(29)28(22(19)30)13-8-9-15(31-2)16(10-13)32-3/h4-10,18-19H,11H2,1-3H3/t18-,19-/m1/s1. The first-order valence-corrected chi connectivity index (χ1v) is 10.2. The summed E-state index contributed by atoms with van der Waals surface area (Å²) in [5.41, 5.74) is 2.22. The van der Waals surface area contributed by atoms with Crippen LogP contribution in [0.5, 0.6) is 11.5 Å². The number of imide groups is 1. The van der Waals surface area contributed by atoms with Gasteiger partial charge in [-0.15, -0.1) is 0 Å². The second kappa shape index (κ2) is 8.01. The van der Waals surface area contributed by atoms with Gasteiger partial charge in [0.25, 0.3) is 11.8 Å². The van der Waals surface area contributed by atoms with Gasteiger partial charge in [-0.2, -0.15) is 10.1 Å². The van der Waals surface area contributed by atoms with Crippen molar-refractivity contribution in [3.05, 3.63) is 53.9 Å². The highest BCUT2D eigenvalue weighted by Crippen LogP contribution is 2.37. The summed E-state index contributed by atoms with van der Waals surface area (Å²) in [6, 6.07) is 10.7. The minimum Gasteiger partial charge on any atom is -0.493 e. The van der Waals surface area contributed by atoms with E-state index in [4.69, 9.17) is 14.0 Å². The average Bonchev–Trinajstić information content (AvgIpc) is 3.52. The third-order valence-corrected chi connectivity index (χ3v) is 5.63. The van der Waals surface area contributed by atoms with E-state index in [1.54, 1.807) is 18.2 Å². The molecule has 2 atom stereocenters. The summed E-state index contributed by atoms with van der Waals surface area (Å²) in [4.78, 5) is 31.7. The molecule has 11 heteroatoms. The van der Waals surface area contributed by atoms with E-state index < -0.39 is 23.9 Å². The van der Waals surface area contributed by atoms with Gasteiger partial charge < -0.3 is 14.0 Å². The molecule has 2 amide bonds. The number of nitrogens with zero attached hydrogens (tertiary/aromatic N) is 6. The number of hydrogen-bond donors (Lipinski definition) is 0. The highest BCUT2D eigenvalue weighted by atomic mass is 16.5. The second-order valence-corrected chi connectivity index (χ2v) is 7.57. The Labute approximate surface area is 188 Å². The number of carbonyl (C=O) groups excluding carboxylic acids is 2. The quantitative estimate of drug-likeness (QED) is 0.527. The van der Waals surface area contributed by atoms with Crippen molar-refractivity contribution in [2.75, 3.05) is 19.1 Å². The zero-order valence-corrected chi connectivity index (χ0v) is 18.1.